The summed E-state index contributed by atoms with van der Waals surface area (Å²) in [6.45, 7) is 1.74. The maximum atomic E-state index is 13.5. The van der Waals surface area contributed by atoms with E-state index in [1.807, 2.05) is 0 Å². The Balaban J connectivity index is 1.54. The largest absolute Gasteiger partial charge is 0.493 e. The second-order valence-electron chi connectivity index (χ2n) is 7.95. The van der Waals surface area contributed by atoms with Crippen molar-refractivity contribution in [3.8, 4) is 34.5 Å². The predicted molar refractivity (Wildman–Crippen MR) is 123 cm³/mol. The summed E-state index contributed by atoms with van der Waals surface area (Å²) in [6.07, 6.45) is -1.06. The maximum Gasteiger partial charge on any atom is 0.343 e. The van der Waals surface area contributed by atoms with Gasteiger partial charge in [0, 0.05) is 23.9 Å². The van der Waals surface area contributed by atoms with Gasteiger partial charge in [-0.05, 0) is 24.6 Å². The highest BCUT2D eigenvalue weighted by atomic mass is 16.7. The zero-order valence-corrected chi connectivity index (χ0v) is 19.5. The molecule has 0 bridgehead atoms. The minimum absolute atomic E-state index is 0.100. The number of rotatable bonds is 6. The highest BCUT2D eigenvalue weighted by Gasteiger charge is 2.44. The van der Waals surface area contributed by atoms with Crippen molar-refractivity contribution in [2.45, 2.75) is 18.9 Å². The predicted octanol–water partition coefficient (Wildman–Crippen LogP) is 3.23. The van der Waals surface area contributed by atoms with Crippen LogP contribution in [0.15, 0.2) is 45.6 Å². The molecule has 1 N–H and O–H groups in total. The van der Waals surface area contributed by atoms with Crippen LogP contribution in [-0.2, 0) is 4.79 Å². The molecule has 0 saturated heterocycles. The van der Waals surface area contributed by atoms with Crippen LogP contribution in [0.1, 0.15) is 22.8 Å². The van der Waals surface area contributed by atoms with Crippen molar-refractivity contribution in [2.75, 3.05) is 33.4 Å². The summed E-state index contributed by atoms with van der Waals surface area (Å²) in [5, 5.41) is 2.84. The van der Waals surface area contributed by atoms with E-state index in [1.165, 1.54) is 21.3 Å². The second kappa shape index (κ2) is 8.79. The molecular weight excluding hydrogens is 458 g/mol. The van der Waals surface area contributed by atoms with E-state index in [0.29, 0.717) is 51.5 Å². The molecule has 1 amide bonds. The van der Waals surface area contributed by atoms with Crippen molar-refractivity contribution < 1.29 is 37.6 Å². The topological polar surface area (TPSA) is 115 Å². The van der Waals surface area contributed by atoms with Crippen LogP contribution >= 0.6 is 0 Å². The molecule has 1 aromatic heterocycles. The fourth-order valence-electron chi connectivity index (χ4n) is 4.35. The van der Waals surface area contributed by atoms with Gasteiger partial charge in [0.1, 0.15) is 11.5 Å². The lowest BCUT2D eigenvalue weighted by Gasteiger charge is -2.20. The minimum atomic E-state index is -1.06. The first-order chi connectivity index (χ1) is 16.9. The molecule has 0 unspecified atom stereocenters. The molecule has 0 fully saturated rings. The van der Waals surface area contributed by atoms with Crippen molar-refractivity contribution in [2.24, 2.45) is 0 Å². The van der Waals surface area contributed by atoms with Crippen LogP contribution in [0.25, 0.3) is 0 Å². The number of fused-ring (bicyclic) bond motifs is 2. The summed E-state index contributed by atoms with van der Waals surface area (Å²) >= 11 is 0. The van der Waals surface area contributed by atoms with Crippen LogP contribution in [0.2, 0.25) is 0 Å². The quantitative estimate of drug-likeness (QED) is 0.567. The Morgan fingerprint density at radius 1 is 0.943 bits per heavy atom. The van der Waals surface area contributed by atoms with Gasteiger partial charge in [-0.1, -0.05) is 6.07 Å². The molecule has 2 atom stereocenters. The lowest BCUT2D eigenvalue weighted by Crippen LogP contribution is -2.35. The number of amides is 1. The smallest absolute Gasteiger partial charge is 0.343 e. The molecule has 2 aliphatic rings. The molecule has 3 aromatic rings. The van der Waals surface area contributed by atoms with E-state index in [4.69, 9.17) is 32.8 Å². The van der Waals surface area contributed by atoms with Crippen LogP contribution in [-0.4, -0.2) is 40.1 Å². The Bertz CT molecular complexity index is 1340. The third kappa shape index (κ3) is 3.86. The Kier molecular flexibility index (Phi) is 5.64. The molecule has 2 aromatic carbocycles. The molecule has 10 heteroatoms. The van der Waals surface area contributed by atoms with Crippen LogP contribution in [0, 0.1) is 6.92 Å². The van der Waals surface area contributed by atoms with Crippen molar-refractivity contribution in [1.82, 2.24) is 0 Å². The highest BCUT2D eigenvalue weighted by Crippen LogP contribution is 2.45. The van der Waals surface area contributed by atoms with E-state index in [2.05, 4.69) is 5.32 Å². The van der Waals surface area contributed by atoms with E-state index < -0.39 is 23.6 Å². The number of benzene rings is 2. The summed E-state index contributed by atoms with van der Waals surface area (Å²) in [5.41, 5.74) is 0.746. The fourth-order valence-corrected chi connectivity index (χ4v) is 4.35. The third-order valence-electron chi connectivity index (χ3n) is 5.89. The molecule has 182 valence electrons. The average Bonchev–Trinajstić information content (AvgIpc) is 3.47. The first kappa shape index (κ1) is 22.5. The molecule has 0 saturated carbocycles. The number of hydrogen-bond acceptors (Lipinski definition) is 9. The van der Waals surface area contributed by atoms with Gasteiger partial charge in [-0.3, -0.25) is 4.79 Å². The van der Waals surface area contributed by atoms with Crippen LogP contribution in [0.4, 0.5) is 5.69 Å². The van der Waals surface area contributed by atoms with Gasteiger partial charge in [0.2, 0.25) is 12.5 Å². The molecular formula is C25H23NO9. The molecule has 2 aliphatic heterocycles. The summed E-state index contributed by atoms with van der Waals surface area (Å²) in [5.74, 6) is 1.72. The lowest BCUT2D eigenvalue weighted by atomic mass is 9.88. The molecule has 10 nitrogen and oxygen atoms in total. The van der Waals surface area contributed by atoms with Gasteiger partial charge in [0.25, 0.3) is 5.91 Å². The van der Waals surface area contributed by atoms with Crippen LogP contribution in [0.5, 0.6) is 34.5 Å². The van der Waals surface area contributed by atoms with Gasteiger partial charge in [0.15, 0.2) is 29.1 Å². The second-order valence-corrected chi connectivity index (χ2v) is 7.95. The summed E-state index contributed by atoms with van der Waals surface area (Å²) in [7, 11) is 4.46. The van der Waals surface area contributed by atoms with E-state index in [1.54, 1.807) is 43.3 Å². The zero-order chi connectivity index (χ0) is 24.7. The van der Waals surface area contributed by atoms with E-state index in [-0.39, 0.29) is 12.4 Å². The SMILES string of the molecule is COc1cc(NC(=O)[C@@H]2Oc3cc(C)oc(=O)c3[C@H]2c2ccc3c(c2)OCO3)cc(OC)c1OC. The Morgan fingerprint density at radius 3 is 2.34 bits per heavy atom. The van der Waals surface area contributed by atoms with Crippen LogP contribution in [0.3, 0.4) is 0 Å². The van der Waals surface area contributed by atoms with Gasteiger partial charge < -0.3 is 38.2 Å². The zero-order valence-electron chi connectivity index (χ0n) is 19.5. The molecule has 0 aliphatic carbocycles. The van der Waals surface area contributed by atoms with E-state index in [9.17, 15) is 9.59 Å². The first-order valence-electron chi connectivity index (χ1n) is 10.7. The Hall–Kier alpha value is -4.34. The van der Waals surface area contributed by atoms with Crippen molar-refractivity contribution in [1.29, 1.82) is 0 Å². The van der Waals surface area contributed by atoms with Crippen molar-refractivity contribution >= 4 is 11.6 Å². The summed E-state index contributed by atoms with van der Waals surface area (Å²) in [6, 6.07) is 10.1. The van der Waals surface area contributed by atoms with Gasteiger partial charge in [-0.15, -0.1) is 0 Å². The summed E-state index contributed by atoms with van der Waals surface area (Å²) in [4.78, 5) is 26.3. The average molecular weight is 481 g/mol. The molecule has 35 heavy (non-hydrogen) atoms. The number of carbonyl (C=O) groups excluding carboxylic acids is 1. The van der Waals surface area contributed by atoms with Gasteiger partial charge in [-0.25, -0.2) is 4.79 Å². The van der Waals surface area contributed by atoms with Gasteiger partial charge in [0.05, 0.1) is 32.8 Å². The number of nitrogens with one attached hydrogen (secondary N) is 1. The minimum Gasteiger partial charge on any atom is -0.493 e. The normalized spacial score (nSPS) is 17.4. The Labute approximate surface area is 200 Å². The third-order valence-corrected chi connectivity index (χ3v) is 5.89. The van der Waals surface area contributed by atoms with E-state index >= 15 is 0 Å². The molecule has 0 spiro atoms. The van der Waals surface area contributed by atoms with Gasteiger partial charge in [-0.2, -0.15) is 0 Å². The van der Waals surface area contributed by atoms with Gasteiger partial charge >= 0.3 is 5.63 Å². The number of hydrogen-bond donors (Lipinski definition) is 1. The number of methoxy groups -OCH3 is 3. The molecule has 0 radical (unpaired) electrons. The maximum absolute atomic E-state index is 13.5. The number of aryl methyl sites for hydroxylation is 1. The lowest BCUT2D eigenvalue weighted by molar-refractivity contribution is -0.122. The molecule has 3 heterocycles. The fraction of sp³-hybridized carbons (Fsp3) is 0.280. The summed E-state index contributed by atoms with van der Waals surface area (Å²) < 4.78 is 38.3. The van der Waals surface area contributed by atoms with E-state index in [0.717, 1.165) is 0 Å². The van der Waals surface area contributed by atoms with Crippen molar-refractivity contribution in [3.05, 3.63) is 63.7 Å². The highest BCUT2D eigenvalue weighted by molar-refractivity contribution is 5.97. The number of anilines is 1. The first-order valence-corrected chi connectivity index (χ1v) is 10.7. The van der Waals surface area contributed by atoms with Crippen LogP contribution < -0.4 is 39.4 Å². The number of ether oxygens (including phenoxy) is 6. The number of carbonyl (C=O) groups is 1. The Morgan fingerprint density at radius 2 is 1.66 bits per heavy atom. The molecule has 5 rings (SSSR count). The monoisotopic (exact) mass is 481 g/mol. The van der Waals surface area contributed by atoms with Crippen molar-refractivity contribution in [3.63, 3.8) is 0 Å². The standard InChI is InChI=1S/C25H23NO9/c1-12-7-17-21(25(28)34-12)20(13-5-6-15-16(8-13)33-11-32-15)23(35-17)24(27)26-14-9-18(29-2)22(31-4)19(10-14)30-3/h5-10,20,23H,11H2,1-4H3,(H,26,27)/t20-,23-/m1/s1.